The molecular formula is C14H24N2O2S2. The number of sulfone groups is 1. The molecule has 6 heteroatoms. The lowest BCUT2D eigenvalue weighted by Gasteiger charge is -2.28. The molecule has 1 aromatic rings. The largest absolute Gasteiger partial charge is 0.304 e. The monoisotopic (exact) mass is 316 g/mol. The van der Waals surface area contributed by atoms with Gasteiger partial charge in [-0.25, -0.2) is 13.4 Å². The summed E-state index contributed by atoms with van der Waals surface area (Å²) in [5, 5.41) is 6.71. The van der Waals surface area contributed by atoms with Crippen LogP contribution in [0.3, 0.4) is 0 Å². The number of thiazole rings is 1. The summed E-state index contributed by atoms with van der Waals surface area (Å²) in [6.45, 7) is 4.44. The van der Waals surface area contributed by atoms with Crippen LogP contribution in [0.1, 0.15) is 49.7 Å². The van der Waals surface area contributed by atoms with Crippen molar-refractivity contribution in [2.45, 2.75) is 51.5 Å². The third kappa shape index (κ3) is 3.80. The highest BCUT2D eigenvalue weighted by Crippen LogP contribution is 2.39. The molecular weight excluding hydrogens is 292 g/mol. The number of hydrogen-bond donors (Lipinski definition) is 1. The second kappa shape index (κ2) is 6.54. The molecule has 0 radical (unpaired) electrons. The standard InChI is InChI=1S/C14H24N2O2S2/c1-3-9-20(17,18)10-8-15-14(6-4-5-7-14)13-16-12(2)11-19-13/h11,15H,3-10H2,1-2H3. The summed E-state index contributed by atoms with van der Waals surface area (Å²) in [5.74, 6) is 0.519. The number of aryl methyl sites for hydroxylation is 1. The molecule has 1 aliphatic rings. The van der Waals surface area contributed by atoms with Crippen LogP contribution >= 0.6 is 11.3 Å². The van der Waals surface area contributed by atoms with Crippen LogP contribution in [0.4, 0.5) is 0 Å². The van der Waals surface area contributed by atoms with Crippen molar-refractivity contribution in [1.29, 1.82) is 0 Å². The summed E-state index contributed by atoms with van der Waals surface area (Å²) in [6.07, 6.45) is 5.20. The molecule has 4 nitrogen and oxygen atoms in total. The maximum atomic E-state index is 11.8. The first-order valence-corrected chi connectivity index (χ1v) is 10.1. The minimum atomic E-state index is -2.91. The molecule has 1 aromatic heterocycles. The van der Waals surface area contributed by atoms with E-state index >= 15 is 0 Å². The van der Waals surface area contributed by atoms with Crippen LogP contribution in [-0.4, -0.2) is 31.5 Å². The predicted octanol–water partition coefficient (Wildman–Crippen LogP) is 2.64. The minimum Gasteiger partial charge on any atom is -0.304 e. The fourth-order valence-corrected chi connectivity index (χ4v) is 5.15. The third-order valence-corrected chi connectivity index (χ3v) is 6.90. The Kier molecular flexibility index (Phi) is 5.20. The molecule has 1 fully saturated rings. The van der Waals surface area contributed by atoms with E-state index in [1.165, 1.54) is 12.8 Å². The first-order valence-electron chi connectivity index (χ1n) is 7.35. The molecule has 0 unspecified atom stereocenters. The van der Waals surface area contributed by atoms with Gasteiger partial charge in [0, 0.05) is 23.4 Å². The van der Waals surface area contributed by atoms with E-state index in [1.807, 2.05) is 13.8 Å². The molecule has 0 saturated heterocycles. The summed E-state index contributed by atoms with van der Waals surface area (Å²) in [5.41, 5.74) is 0.970. The van der Waals surface area contributed by atoms with Gasteiger partial charge in [0.05, 0.1) is 11.3 Å². The molecule has 1 aliphatic carbocycles. The zero-order valence-electron chi connectivity index (χ0n) is 12.3. The van der Waals surface area contributed by atoms with Crippen LogP contribution in [0.15, 0.2) is 5.38 Å². The molecule has 0 spiro atoms. The average Bonchev–Trinajstić information content (AvgIpc) is 2.98. The van der Waals surface area contributed by atoms with Crippen molar-refractivity contribution in [2.75, 3.05) is 18.1 Å². The maximum absolute atomic E-state index is 11.8. The topological polar surface area (TPSA) is 59.1 Å². The van der Waals surface area contributed by atoms with Gasteiger partial charge in [-0.15, -0.1) is 11.3 Å². The highest BCUT2D eigenvalue weighted by Gasteiger charge is 2.37. The Morgan fingerprint density at radius 3 is 2.60 bits per heavy atom. The van der Waals surface area contributed by atoms with Gasteiger partial charge in [0.25, 0.3) is 0 Å². The molecule has 0 aliphatic heterocycles. The fourth-order valence-electron chi connectivity index (χ4n) is 2.88. The van der Waals surface area contributed by atoms with E-state index in [4.69, 9.17) is 0 Å². The highest BCUT2D eigenvalue weighted by atomic mass is 32.2. The number of rotatable bonds is 7. The van der Waals surface area contributed by atoms with E-state index in [-0.39, 0.29) is 17.0 Å². The van der Waals surface area contributed by atoms with Gasteiger partial charge in [-0.3, -0.25) is 0 Å². The van der Waals surface area contributed by atoms with Gasteiger partial charge in [0.2, 0.25) is 0 Å². The molecule has 1 saturated carbocycles. The second-order valence-corrected chi connectivity index (χ2v) is 8.82. The molecule has 20 heavy (non-hydrogen) atoms. The van der Waals surface area contributed by atoms with Crippen LogP contribution in [-0.2, 0) is 15.4 Å². The van der Waals surface area contributed by atoms with Crippen molar-refractivity contribution >= 4 is 21.2 Å². The van der Waals surface area contributed by atoms with Crippen LogP contribution in [0.2, 0.25) is 0 Å². The smallest absolute Gasteiger partial charge is 0.151 e. The summed E-state index contributed by atoms with van der Waals surface area (Å²) in [4.78, 5) is 4.62. The van der Waals surface area contributed by atoms with E-state index in [9.17, 15) is 8.42 Å². The molecule has 0 amide bonds. The van der Waals surface area contributed by atoms with Crippen molar-refractivity contribution in [3.05, 3.63) is 16.1 Å². The summed E-state index contributed by atoms with van der Waals surface area (Å²) in [6, 6.07) is 0. The Morgan fingerprint density at radius 2 is 2.05 bits per heavy atom. The van der Waals surface area contributed by atoms with Gasteiger partial charge >= 0.3 is 0 Å². The molecule has 0 bridgehead atoms. The normalized spacial score (nSPS) is 18.5. The van der Waals surface area contributed by atoms with Crippen LogP contribution in [0.25, 0.3) is 0 Å². The number of nitrogens with one attached hydrogen (secondary N) is 1. The van der Waals surface area contributed by atoms with E-state index in [0.717, 1.165) is 23.5 Å². The quantitative estimate of drug-likeness (QED) is 0.840. The summed E-state index contributed by atoms with van der Waals surface area (Å²) < 4.78 is 23.6. The van der Waals surface area contributed by atoms with Gasteiger partial charge in [0.1, 0.15) is 5.01 Å². The first-order chi connectivity index (χ1) is 9.47. The minimum absolute atomic E-state index is 0.0827. The van der Waals surface area contributed by atoms with Crippen LogP contribution in [0, 0.1) is 6.92 Å². The van der Waals surface area contributed by atoms with E-state index < -0.39 is 9.84 Å². The average molecular weight is 316 g/mol. The number of aromatic nitrogens is 1. The summed E-state index contributed by atoms with van der Waals surface area (Å²) in [7, 11) is -2.91. The lowest BCUT2D eigenvalue weighted by atomic mass is 9.98. The van der Waals surface area contributed by atoms with E-state index in [0.29, 0.717) is 13.0 Å². The van der Waals surface area contributed by atoms with E-state index in [1.54, 1.807) is 11.3 Å². The number of hydrogen-bond acceptors (Lipinski definition) is 5. The lowest BCUT2D eigenvalue weighted by molar-refractivity contribution is 0.349. The van der Waals surface area contributed by atoms with Crippen LogP contribution < -0.4 is 5.32 Å². The van der Waals surface area contributed by atoms with Gasteiger partial charge in [-0.05, 0) is 26.2 Å². The molecule has 0 atom stereocenters. The van der Waals surface area contributed by atoms with Crippen molar-refractivity contribution in [2.24, 2.45) is 0 Å². The molecule has 1 heterocycles. The SMILES string of the molecule is CCCS(=O)(=O)CCNC1(c2nc(C)cs2)CCCC1. The van der Waals surface area contributed by atoms with Crippen LogP contribution in [0.5, 0.6) is 0 Å². The van der Waals surface area contributed by atoms with Gasteiger partial charge < -0.3 is 5.32 Å². The third-order valence-electron chi connectivity index (χ3n) is 3.88. The van der Waals surface area contributed by atoms with Gasteiger partial charge in [-0.1, -0.05) is 19.8 Å². The van der Waals surface area contributed by atoms with Crippen molar-refractivity contribution in [1.82, 2.24) is 10.3 Å². The van der Waals surface area contributed by atoms with E-state index in [2.05, 4.69) is 15.7 Å². The predicted molar refractivity (Wildman–Crippen MR) is 83.9 cm³/mol. The second-order valence-electron chi connectivity index (χ2n) is 5.66. The molecule has 2 rings (SSSR count). The number of nitrogens with zero attached hydrogens (tertiary/aromatic N) is 1. The Hall–Kier alpha value is -0.460. The van der Waals surface area contributed by atoms with Gasteiger partial charge in [0.15, 0.2) is 9.84 Å². The maximum Gasteiger partial charge on any atom is 0.151 e. The Balaban J connectivity index is 2.00. The Labute approximate surface area is 125 Å². The van der Waals surface area contributed by atoms with Gasteiger partial charge in [-0.2, -0.15) is 0 Å². The molecule has 0 aromatic carbocycles. The van der Waals surface area contributed by atoms with Crippen molar-refractivity contribution in [3.63, 3.8) is 0 Å². The molecule has 114 valence electrons. The first kappa shape index (κ1) is 15.9. The zero-order valence-corrected chi connectivity index (χ0v) is 13.9. The Morgan fingerprint density at radius 1 is 1.35 bits per heavy atom. The highest BCUT2D eigenvalue weighted by molar-refractivity contribution is 7.91. The Bertz CT molecular complexity index is 531. The molecule has 1 N–H and O–H groups in total. The fraction of sp³-hybridized carbons (Fsp3) is 0.786. The van der Waals surface area contributed by atoms with Crippen molar-refractivity contribution in [3.8, 4) is 0 Å². The lowest BCUT2D eigenvalue weighted by Crippen LogP contribution is -2.42. The zero-order chi connectivity index (χ0) is 14.6. The summed E-state index contributed by atoms with van der Waals surface area (Å²) >= 11 is 1.69. The van der Waals surface area contributed by atoms with Crippen molar-refractivity contribution < 1.29 is 8.42 Å².